The predicted octanol–water partition coefficient (Wildman–Crippen LogP) is 2.57. The summed E-state index contributed by atoms with van der Waals surface area (Å²) in [5.41, 5.74) is 1.33. The van der Waals surface area contributed by atoms with Crippen molar-refractivity contribution in [2.24, 2.45) is 0 Å². The highest BCUT2D eigenvalue weighted by atomic mass is 16.5. The number of carbonyl (C=O) groups is 3. The Bertz CT molecular complexity index is 940. The second-order valence-corrected chi connectivity index (χ2v) is 7.76. The third-order valence-electron chi connectivity index (χ3n) is 5.75. The van der Waals surface area contributed by atoms with E-state index in [1.807, 2.05) is 18.2 Å². The van der Waals surface area contributed by atoms with Crippen LogP contribution in [0.2, 0.25) is 0 Å². The zero-order valence-corrected chi connectivity index (χ0v) is 17.5. The molecule has 1 N–H and O–H groups in total. The van der Waals surface area contributed by atoms with E-state index < -0.39 is 0 Å². The van der Waals surface area contributed by atoms with Gasteiger partial charge in [-0.15, -0.1) is 0 Å². The summed E-state index contributed by atoms with van der Waals surface area (Å²) >= 11 is 0. The van der Waals surface area contributed by atoms with Crippen LogP contribution in [-0.4, -0.2) is 67.0 Å². The summed E-state index contributed by atoms with van der Waals surface area (Å²) < 4.78 is 5.12. The summed E-state index contributed by atoms with van der Waals surface area (Å²) in [5.74, 6) is 0.463. The van der Waals surface area contributed by atoms with Crippen LogP contribution in [0.3, 0.4) is 0 Å². The van der Waals surface area contributed by atoms with Crippen LogP contribution in [0.15, 0.2) is 54.6 Å². The van der Waals surface area contributed by atoms with Crippen LogP contribution in [0.25, 0.3) is 0 Å². The Kier molecular flexibility index (Phi) is 6.18. The van der Waals surface area contributed by atoms with Gasteiger partial charge < -0.3 is 15.0 Å². The summed E-state index contributed by atoms with van der Waals surface area (Å²) in [7, 11) is 1.60. The minimum atomic E-state index is -0.258. The van der Waals surface area contributed by atoms with Gasteiger partial charge in [-0.1, -0.05) is 18.2 Å². The molecule has 2 fully saturated rings. The molecule has 2 aromatic rings. The maximum atomic E-state index is 12.9. The van der Waals surface area contributed by atoms with E-state index in [4.69, 9.17) is 4.74 Å². The number of ether oxygens (including phenoxy) is 1. The minimum Gasteiger partial charge on any atom is -0.497 e. The van der Waals surface area contributed by atoms with Crippen molar-refractivity contribution in [3.8, 4) is 5.75 Å². The Labute approximate surface area is 181 Å². The molecule has 2 saturated heterocycles. The third kappa shape index (κ3) is 4.69. The molecule has 0 radical (unpaired) electrons. The number of anilines is 2. The Morgan fingerprint density at radius 1 is 1.03 bits per heavy atom. The van der Waals surface area contributed by atoms with Crippen molar-refractivity contribution in [2.75, 3.05) is 43.5 Å². The number of imide groups is 1. The first kappa shape index (κ1) is 20.9. The van der Waals surface area contributed by atoms with Crippen molar-refractivity contribution < 1.29 is 19.1 Å². The van der Waals surface area contributed by atoms with Crippen LogP contribution in [-0.2, 0) is 9.59 Å². The number of hydrogen-bond acceptors (Lipinski definition) is 5. The van der Waals surface area contributed by atoms with E-state index in [-0.39, 0.29) is 30.4 Å². The fourth-order valence-corrected chi connectivity index (χ4v) is 4.10. The van der Waals surface area contributed by atoms with Gasteiger partial charge in [0.15, 0.2) is 0 Å². The number of rotatable bonds is 6. The lowest BCUT2D eigenvalue weighted by atomic mass is 10.0. The zero-order chi connectivity index (χ0) is 21.8. The van der Waals surface area contributed by atoms with E-state index in [1.54, 1.807) is 48.4 Å². The maximum Gasteiger partial charge on any atom is 0.332 e. The van der Waals surface area contributed by atoms with Crippen molar-refractivity contribution in [1.82, 2.24) is 9.80 Å². The van der Waals surface area contributed by atoms with Crippen molar-refractivity contribution in [3.63, 3.8) is 0 Å². The van der Waals surface area contributed by atoms with Crippen LogP contribution in [0, 0.1) is 0 Å². The summed E-state index contributed by atoms with van der Waals surface area (Å²) in [6, 6.07) is 16.0. The number of amides is 4. The van der Waals surface area contributed by atoms with Crippen LogP contribution in [0.4, 0.5) is 16.2 Å². The van der Waals surface area contributed by atoms with Gasteiger partial charge in [0.1, 0.15) is 12.3 Å². The summed E-state index contributed by atoms with van der Waals surface area (Å²) in [5, 5.41) is 2.89. The standard InChI is InChI=1S/C23H26N4O4/c1-31-20-9-7-17(8-10-20)24-21(28)15-25-13-11-18(12-14-25)26-16-22(29)27(23(26)30)19-5-3-2-4-6-19/h2-10,18H,11-16H2,1H3,(H,24,28). The van der Waals surface area contributed by atoms with Gasteiger partial charge in [0.2, 0.25) is 5.91 Å². The van der Waals surface area contributed by atoms with Crippen molar-refractivity contribution >= 4 is 29.2 Å². The molecule has 0 unspecified atom stereocenters. The average Bonchev–Trinajstić information content (AvgIpc) is 3.09. The van der Waals surface area contributed by atoms with Gasteiger partial charge in [-0.3, -0.25) is 14.5 Å². The Morgan fingerprint density at radius 2 is 1.71 bits per heavy atom. The number of nitrogens with one attached hydrogen (secondary N) is 1. The molecule has 0 aromatic heterocycles. The van der Waals surface area contributed by atoms with Gasteiger partial charge in [0.05, 0.1) is 19.3 Å². The van der Waals surface area contributed by atoms with Crippen molar-refractivity contribution in [3.05, 3.63) is 54.6 Å². The molecule has 2 heterocycles. The van der Waals surface area contributed by atoms with E-state index >= 15 is 0 Å². The molecule has 0 aliphatic carbocycles. The number of urea groups is 1. The number of nitrogens with zero attached hydrogens (tertiary/aromatic N) is 3. The Balaban J connectivity index is 1.28. The van der Waals surface area contributed by atoms with Crippen molar-refractivity contribution in [2.45, 2.75) is 18.9 Å². The molecule has 0 atom stereocenters. The van der Waals surface area contributed by atoms with Crippen LogP contribution in [0.5, 0.6) is 5.75 Å². The molecule has 31 heavy (non-hydrogen) atoms. The molecule has 0 saturated carbocycles. The molecule has 162 valence electrons. The second kappa shape index (κ2) is 9.18. The average molecular weight is 422 g/mol. The highest BCUT2D eigenvalue weighted by molar-refractivity contribution is 6.19. The number of piperidine rings is 1. The topological polar surface area (TPSA) is 82.2 Å². The highest BCUT2D eigenvalue weighted by Gasteiger charge is 2.41. The molecule has 4 rings (SSSR count). The summed E-state index contributed by atoms with van der Waals surface area (Å²) in [6.07, 6.45) is 1.47. The fraction of sp³-hybridized carbons (Fsp3) is 0.348. The van der Waals surface area contributed by atoms with E-state index in [9.17, 15) is 14.4 Å². The van der Waals surface area contributed by atoms with Crippen LogP contribution < -0.4 is 15.0 Å². The Hall–Kier alpha value is -3.39. The fourth-order valence-electron chi connectivity index (χ4n) is 4.10. The molecular weight excluding hydrogens is 396 g/mol. The van der Waals surface area contributed by atoms with Gasteiger partial charge >= 0.3 is 6.03 Å². The van der Waals surface area contributed by atoms with Gasteiger partial charge in [0, 0.05) is 24.8 Å². The van der Waals surface area contributed by atoms with Gasteiger partial charge in [-0.2, -0.15) is 0 Å². The van der Waals surface area contributed by atoms with E-state index in [2.05, 4.69) is 10.2 Å². The molecule has 2 aliphatic heterocycles. The maximum absolute atomic E-state index is 12.9. The van der Waals surface area contributed by atoms with E-state index in [0.717, 1.165) is 24.3 Å². The molecular formula is C23H26N4O4. The number of hydrogen-bond donors (Lipinski definition) is 1. The van der Waals surface area contributed by atoms with Crippen LogP contribution >= 0.6 is 0 Å². The number of carbonyl (C=O) groups excluding carboxylic acids is 3. The van der Waals surface area contributed by atoms with Gasteiger partial charge in [-0.25, -0.2) is 9.69 Å². The number of methoxy groups -OCH3 is 1. The SMILES string of the molecule is COc1ccc(NC(=O)CN2CCC(N3CC(=O)N(c4ccccc4)C3=O)CC2)cc1. The number of para-hydroxylation sites is 1. The lowest BCUT2D eigenvalue weighted by molar-refractivity contribution is -0.117. The number of benzene rings is 2. The molecule has 2 aromatic carbocycles. The summed E-state index contributed by atoms with van der Waals surface area (Å²) in [6.45, 7) is 1.80. The summed E-state index contributed by atoms with van der Waals surface area (Å²) in [4.78, 5) is 42.7. The van der Waals surface area contributed by atoms with E-state index in [0.29, 0.717) is 25.3 Å². The monoisotopic (exact) mass is 422 g/mol. The lowest BCUT2D eigenvalue weighted by Gasteiger charge is -2.35. The molecule has 8 nitrogen and oxygen atoms in total. The minimum absolute atomic E-state index is 0.00561. The molecule has 8 heteroatoms. The first-order valence-corrected chi connectivity index (χ1v) is 10.4. The number of likely N-dealkylation sites (tertiary alicyclic amines) is 1. The highest BCUT2D eigenvalue weighted by Crippen LogP contribution is 2.26. The zero-order valence-electron chi connectivity index (χ0n) is 17.5. The molecule has 4 amide bonds. The molecule has 2 aliphatic rings. The predicted molar refractivity (Wildman–Crippen MR) is 117 cm³/mol. The largest absolute Gasteiger partial charge is 0.497 e. The lowest BCUT2D eigenvalue weighted by Crippen LogP contribution is -2.48. The van der Waals surface area contributed by atoms with E-state index in [1.165, 1.54) is 4.90 Å². The third-order valence-corrected chi connectivity index (χ3v) is 5.75. The Morgan fingerprint density at radius 3 is 2.35 bits per heavy atom. The second-order valence-electron chi connectivity index (χ2n) is 7.76. The van der Waals surface area contributed by atoms with Gasteiger partial charge in [0.25, 0.3) is 5.91 Å². The van der Waals surface area contributed by atoms with Gasteiger partial charge in [-0.05, 0) is 49.2 Å². The quantitative estimate of drug-likeness (QED) is 0.724. The van der Waals surface area contributed by atoms with Crippen LogP contribution in [0.1, 0.15) is 12.8 Å². The molecule has 0 bridgehead atoms. The smallest absolute Gasteiger partial charge is 0.332 e. The normalized spacial score (nSPS) is 17.8. The molecule has 0 spiro atoms. The first-order valence-electron chi connectivity index (χ1n) is 10.4. The first-order chi connectivity index (χ1) is 15.0. The van der Waals surface area contributed by atoms with Crippen molar-refractivity contribution in [1.29, 1.82) is 0 Å².